The van der Waals surface area contributed by atoms with Gasteiger partial charge in [0.05, 0.1) is 23.1 Å². The summed E-state index contributed by atoms with van der Waals surface area (Å²) in [6.07, 6.45) is 5.20. The number of morpholine rings is 1. The molecule has 1 aliphatic heterocycles. The molecule has 7 nitrogen and oxygen atoms in total. The van der Waals surface area contributed by atoms with Gasteiger partial charge in [0, 0.05) is 37.6 Å². The van der Waals surface area contributed by atoms with Crippen LogP contribution in [0.1, 0.15) is 35.9 Å². The maximum Gasteiger partial charge on any atom is 0.243 e. The number of ether oxygens (including phenoxy) is 1. The molecule has 10 heteroatoms. The molecule has 0 bridgehead atoms. The van der Waals surface area contributed by atoms with Crippen LogP contribution in [-0.2, 0) is 21.3 Å². The second-order valence-corrected chi connectivity index (χ2v) is 8.63. The van der Waals surface area contributed by atoms with Gasteiger partial charge in [0.25, 0.3) is 0 Å². The highest BCUT2D eigenvalue weighted by Crippen LogP contribution is 2.25. The number of nitrogens with zero attached hydrogens (tertiary/aromatic N) is 3. The van der Waals surface area contributed by atoms with Gasteiger partial charge in [-0.15, -0.1) is 0 Å². The van der Waals surface area contributed by atoms with E-state index < -0.39 is 10.0 Å². The van der Waals surface area contributed by atoms with Crippen molar-refractivity contribution in [3.8, 4) is 0 Å². The maximum atomic E-state index is 13.0. The fourth-order valence-corrected chi connectivity index (χ4v) is 4.56. The Morgan fingerprint density at radius 2 is 2.00 bits per heavy atom. The van der Waals surface area contributed by atoms with Crippen molar-refractivity contribution >= 4 is 27.4 Å². The predicted molar refractivity (Wildman–Crippen MR) is 102 cm³/mol. The number of halogens is 2. The lowest BCUT2D eigenvalue weighted by atomic mass is 10.1. The summed E-state index contributed by atoms with van der Waals surface area (Å²) in [5.74, 6) is -0.133. The fraction of sp³-hybridized carbons (Fsp3) is 0.444. The number of imidazole rings is 1. The molecular weight excluding hydrogens is 425 g/mol. The number of carbonyl (C=O) groups is 1. The van der Waals surface area contributed by atoms with Crippen LogP contribution in [-0.4, -0.2) is 54.4 Å². The van der Waals surface area contributed by atoms with Crippen LogP contribution in [0.15, 0.2) is 35.5 Å². The van der Waals surface area contributed by atoms with E-state index in [0.717, 1.165) is 12.8 Å². The Morgan fingerprint density at radius 1 is 1.29 bits per heavy atom. The van der Waals surface area contributed by atoms with Crippen molar-refractivity contribution in [2.24, 2.45) is 0 Å². The number of unbranched alkanes of at least 4 members (excludes halogenated alkanes) is 1. The normalized spacial score (nSPS) is 15.2. The summed E-state index contributed by atoms with van der Waals surface area (Å²) < 4.78 is 34.1. The van der Waals surface area contributed by atoms with Crippen LogP contribution in [0.25, 0.3) is 0 Å². The molecule has 1 fully saturated rings. The van der Waals surface area contributed by atoms with Gasteiger partial charge < -0.3 is 21.7 Å². The van der Waals surface area contributed by atoms with Crippen molar-refractivity contribution in [2.45, 2.75) is 31.2 Å². The Morgan fingerprint density at radius 3 is 2.68 bits per heavy atom. The van der Waals surface area contributed by atoms with E-state index in [1.807, 2.05) is 0 Å². The zero-order valence-corrected chi connectivity index (χ0v) is 17.8. The van der Waals surface area contributed by atoms with Gasteiger partial charge in [-0.3, -0.25) is 4.79 Å². The van der Waals surface area contributed by atoms with Gasteiger partial charge in [0.2, 0.25) is 15.8 Å². The second-order valence-electron chi connectivity index (χ2n) is 6.29. The van der Waals surface area contributed by atoms with E-state index >= 15 is 0 Å². The molecule has 2 aromatic rings. The molecule has 0 unspecified atom stereocenters. The van der Waals surface area contributed by atoms with Gasteiger partial charge in [-0.25, -0.2) is 13.4 Å². The van der Waals surface area contributed by atoms with Gasteiger partial charge in [-0.1, -0.05) is 24.9 Å². The second kappa shape index (κ2) is 9.84. The molecule has 0 N–H and O–H groups in total. The van der Waals surface area contributed by atoms with E-state index in [1.54, 1.807) is 17.0 Å². The average Bonchev–Trinajstić information content (AvgIpc) is 3.15. The van der Waals surface area contributed by atoms with Crippen LogP contribution in [0.3, 0.4) is 0 Å². The number of aromatic nitrogens is 2. The first-order valence-corrected chi connectivity index (χ1v) is 10.7. The molecule has 0 amide bonds. The summed E-state index contributed by atoms with van der Waals surface area (Å²) in [4.78, 5) is 17.2. The minimum atomic E-state index is -3.71. The molecule has 1 saturated heterocycles. The fourth-order valence-electron chi connectivity index (χ4n) is 2.92. The first kappa shape index (κ1) is 22.8. The van der Waals surface area contributed by atoms with Crippen molar-refractivity contribution in [3.05, 3.63) is 47.0 Å². The Bertz CT molecular complexity index is 925. The molecular formula is C18H22Cl2N3O4S-. The first-order chi connectivity index (χ1) is 12.9. The summed E-state index contributed by atoms with van der Waals surface area (Å²) in [5, 5.41) is 0.200. The highest BCUT2D eigenvalue weighted by molar-refractivity contribution is 7.89. The Labute approximate surface area is 176 Å². The van der Waals surface area contributed by atoms with Crippen LogP contribution in [0, 0.1) is 0 Å². The van der Waals surface area contributed by atoms with Gasteiger partial charge in [0.15, 0.2) is 5.82 Å². The third-order valence-corrected chi connectivity index (χ3v) is 6.69. The standard InChI is InChI=1S/C18H22ClN3O4S.ClH/c1-2-3-7-21-8-6-20-18(21)17(23)15-13-14(4-5-16(15)19)27(24,25)22-9-11-26-12-10-22;/h4-6,8,13H,2-3,7,9-12H2,1H3;1H/p-1. The zero-order chi connectivity index (χ0) is 19.4. The molecule has 1 aromatic carbocycles. The van der Waals surface area contributed by atoms with E-state index in [9.17, 15) is 13.2 Å². The lowest BCUT2D eigenvalue weighted by Gasteiger charge is -2.26. The quantitative estimate of drug-likeness (QED) is 0.540. The van der Waals surface area contributed by atoms with Crippen LogP contribution in [0.5, 0.6) is 0 Å². The maximum absolute atomic E-state index is 13.0. The van der Waals surface area contributed by atoms with Gasteiger partial charge in [-0.2, -0.15) is 4.31 Å². The van der Waals surface area contributed by atoms with E-state index in [0.29, 0.717) is 19.8 Å². The number of rotatable bonds is 7. The topological polar surface area (TPSA) is 81.5 Å². The minimum absolute atomic E-state index is 0. The lowest BCUT2D eigenvalue weighted by molar-refractivity contribution is -0.0000156. The van der Waals surface area contributed by atoms with E-state index in [2.05, 4.69) is 11.9 Å². The Hall–Kier alpha value is -1.45. The van der Waals surface area contributed by atoms with Crippen LogP contribution >= 0.6 is 11.6 Å². The number of benzene rings is 1. The van der Waals surface area contributed by atoms with Gasteiger partial charge in [0.1, 0.15) is 0 Å². The number of ketones is 1. The molecule has 154 valence electrons. The molecule has 2 heterocycles. The van der Waals surface area contributed by atoms with Crippen LogP contribution < -0.4 is 12.4 Å². The summed E-state index contributed by atoms with van der Waals surface area (Å²) in [6, 6.07) is 4.21. The molecule has 0 atom stereocenters. The molecule has 28 heavy (non-hydrogen) atoms. The molecule has 0 aliphatic carbocycles. The predicted octanol–water partition coefficient (Wildman–Crippen LogP) is -0.407. The number of hydrogen-bond acceptors (Lipinski definition) is 5. The Balaban J connectivity index is 0.00000280. The van der Waals surface area contributed by atoms with Crippen molar-refractivity contribution in [1.82, 2.24) is 13.9 Å². The molecule has 0 spiro atoms. The van der Waals surface area contributed by atoms with Gasteiger partial charge in [-0.05, 0) is 24.6 Å². The lowest BCUT2D eigenvalue weighted by Crippen LogP contribution is -3.00. The summed E-state index contributed by atoms with van der Waals surface area (Å²) in [5.41, 5.74) is 0.134. The summed E-state index contributed by atoms with van der Waals surface area (Å²) >= 11 is 6.21. The smallest absolute Gasteiger partial charge is 0.243 e. The summed E-state index contributed by atoms with van der Waals surface area (Å²) in [6.45, 7) is 4.02. The van der Waals surface area contributed by atoms with Gasteiger partial charge >= 0.3 is 0 Å². The Kier molecular flexibility index (Phi) is 8.03. The average molecular weight is 447 g/mol. The first-order valence-electron chi connectivity index (χ1n) is 8.88. The molecule has 1 aromatic heterocycles. The molecule has 0 saturated carbocycles. The van der Waals surface area contributed by atoms with Crippen molar-refractivity contribution in [1.29, 1.82) is 0 Å². The van der Waals surface area contributed by atoms with Crippen molar-refractivity contribution in [2.75, 3.05) is 26.3 Å². The number of aryl methyl sites for hydroxylation is 1. The third-order valence-electron chi connectivity index (χ3n) is 4.46. The zero-order valence-electron chi connectivity index (χ0n) is 15.5. The molecule has 0 radical (unpaired) electrons. The molecule has 1 aliphatic rings. The van der Waals surface area contributed by atoms with Crippen LogP contribution in [0.2, 0.25) is 5.02 Å². The SMILES string of the molecule is CCCCn1ccnc1C(=O)c1cc(S(=O)(=O)N2CCOCC2)ccc1Cl.[Cl-]. The highest BCUT2D eigenvalue weighted by atomic mass is 35.5. The highest BCUT2D eigenvalue weighted by Gasteiger charge is 2.28. The summed E-state index contributed by atoms with van der Waals surface area (Å²) in [7, 11) is -3.71. The monoisotopic (exact) mass is 446 g/mol. The number of hydrogen-bond donors (Lipinski definition) is 0. The van der Waals surface area contributed by atoms with Crippen LogP contribution in [0.4, 0.5) is 0 Å². The third kappa shape index (κ3) is 4.75. The van der Waals surface area contributed by atoms with E-state index in [1.165, 1.54) is 22.5 Å². The minimum Gasteiger partial charge on any atom is -1.00 e. The number of carbonyl (C=O) groups excluding carboxylic acids is 1. The van der Waals surface area contributed by atoms with E-state index in [4.69, 9.17) is 16.3 Å². The van der Waals surface area contributed by atoms with Crippen molar-refractivity contribution in [3.63, 3.8) is 0 Å². The number of sulfonamides is 1. The largest absolute Gasteiger partial charge is 1.00 e. The van der Waals surface area contributed by atoms with Crippen molar-refractivity contribution < 1.29 is 30.4 Å². The molecule has 3 rings (SSSR count). The van der Waals surface area contributed by atoms with E-state index in [-0.39, 0.29) is 52.6 Å².